The SMILES string of the molecule is O=C1C[NH+](Cc2ccccc2Cl)[C@@H]2CS(=O)(=O)C[C@@H]2N1c1ccccc1. The predicted octanol–water partition coefficient (Wildman–Crippen LogP) is 0.937. The topological polar surface area (TPSA) is 58.9 Å². The monoisotopic (exact) mass is 391 g/mol. The van der Waals surface area contributed by atoms with Crippen LogP contribution in [0, 0.1) is 0 Å². The lowest BCUT2D eigenvalue weighted by molar-refractivity contribution is -0.931. The van der Waals surface area contributed by atoms with Crippen molar-refractivity contribution in [1.82, 2.24) is 0 Å². The number of para-hydroxylation sites is 1. The van der Waals surface area contributed by atoms with Gasteiger partial charge in [0, 0.05) is 16.3 Å². The first-order chi connectivity index (χ1) is 12.4. The zero-order chi connectivity index (χ0) is 18.3. The van der Waals surface area contributed by atoms with E-state index in [9.17, 15) is 13.2 Å². The van der Waals surface area contributed by atoms with Crippen LogP contribution < -0.4 is 9.80 Å². The summed E-state index contributed by atoms with van der Waals surface area (Å²) >= 11 is 6.28. The molecule has 5 nitrogen and oxygen atoms in total. The number of nitrogens with zero attached hydrogens (tertiary/aromatic N) is 1. The first-order valence-electron chi connectivity index (χ1n) is 8.60. The molecule has 2 aliphatic rings. The van der Waals surface area contributed by atoms with Gasteiger partial charge in [-0.1, -0.05) is 48.0 Å². The molecule has 0 aliphatic carbocycles. The number of fused-ring (bicyclic) bond motifs is 1. The van der Waals surface area contributed by atoms with Gasteiger partial charge in [0.05, 0.1) is 5.75 Å². The van der Waals surface area contributed by atoms with Crippen LogP contribution in [0.3, 0.4) is 0 Å². The standard InChI is InChI=1S/C19H19ClN2O3S/c20-16-9-5-4-6-14(16)10-21-11-19(23)22(15-7-2-1-3-8-15)18-13-26(24,25)12-17(18)21/h1-9,17-18H,10-13H2/p+1/t17-,18+/m1/s1. The third kappa shape index (κ3) is 3.24. The quantitative estimate of drug-likeness (QED) is 0.847. The van der Waals surface area contributed by atoms with Crippen molar-refractivity contribution in [2.45, 2.75) is 18.6 Å². The minimum Gasteiger partial charge on any atom is -0.318 e. The second-order valence-corrected chi connectivity index (χ2v) is 9.51. The van der Waals surface area contributed by atoms with Crippen molar-refractivity contribution in [3.8, 4) is 0 Å². The number of carbonyl (C=O) groups excluding carboxylic acids is 1. The van der Waals surface area contributed by atoms with Crippen LogP contribution in [0.1, 0.15) is 5.56 Å². The van der Waals surface area contributed by atoms with Gasteiger partial charge < -0.3 is 4.90 Å². The average Bonchev–Trinajstić information content (AvgIpc) is 2.93. The number of sulfone groups is 1. The number of hydrogen-bond donors (Lipinski definition) is 1. The number of halogens is 1. The van der Waals surface area contributed by atoms with Crippen LogP contribution in [0.4, 0.5) is 5.69 Å². The number of benzene rings is 2. The summed E-state index contributed by atoms with van der Waals surface area (Å²) in [7, 11) is -3.18. The smallest absolute Gasteiger partial charge is 0.282 e. The zero-order valence-electron chi connectivity index (χ0n) is 14.1. The molecule has 0 bridgehead atoms. The molecule has 2 aromatic carbocycles. The highest BCUT2D eigenvalue weighted by Gasteiger charge is 2.52. The molecule has 2 fully saturated rings. The van der Waals surface area contributed by atoms with Gasteiger partial charge in [-0.25, -0.2) is 8.42 Å². The fraction of sp³-hybridized carbons (Fsp3) is 0.316. The van der Waals surface area contributed by atoms with E-state index in [1.807, 2.05) is 54.6 Å². The first kappa shape index (κ1) is 17.5. The Morgan fingerprint density at radius 2 is 1.73 bits per heavy atom. The van der Waals surface area contributed by atoms with E-state index in [4.69, 9.17) is 11.6 Å². The van der Waals surface area contributed by atoms with Crippen molar-refractivity contribution in [2.24, 2.45) is 0 Å². The van der Waals surface area contributed by atoms with E-state index in [1.54, 1.807) is 4.90 Å². The maximum atomic E-state index is 12.9. The lowest BCUT2D eigenvalue weighted by Crippen LogP contribution is -3.19. The second-order valence-electron chi connectivity index (χ2n) is 6.95. The van der Waals surface area contributed by atoms with Crippen molar-refractivity contribution >= 4 is 33.0 Å². The summed E-state index contributed by atoms with van der Waals surface area (Å²) < 4.78 is 24.7. The van der Waals surface area contributed by atoms with Crippen LogP contribution in [-0.2, 0) is 21.2 Å². The Morgan fingerprint density at radius 3 is 2.46 bits per heavy atom. The highest BCUT2D eigenvalue weighted by Crippen LogP contribution is 2.26. The Labute approximate surface area is 158 Å². The molecule has 2 heterocycles. The summed E-state index contributed by atoms with van der Waals surface area (Å²) in [6, 6.07) is 16.4. The van der Waals surface area contributed by atoms with Gasteiger partial charge in [-0.15, -0.1) is 0 Å². The largest absolute Gasteiger partial charge is 0.318 e. The van der Waals surface area contributed by atoms with E-state index < -0.39 is 9.84 Å². The second kappa shape index (κ2) is 6.68. The minimum atomic E-state index is -3.18. The summed E-state index contributed by atoms with van der Waals surface area (Å²) in [5.74, 6) is 0.0786. The van der Waals surface area contributed by atoms with Crippen LogP contribution in [-0.4, -0.2) is 44.5 Å². The third-order valence-corrected chi connectivity index (χ3v) is 7.32. The number of anilines is 1. The van der Waals surface area contributed by atoms with Gasteiger partial charge in [0.15, 0.2) is 16.4 Å². The molecule has 0 saturated carbocycles. The summed E-state index contributed by atoms with van der Waals surface area (Å²) in [4.78, 5) is 15.6. The summed E-state index contributed by atoms with van der Waals surface area (Å²) in [6.45, 7) is 0.807. The van der Waals surface area contributed by atoms with Gasteiger partial charge in [0.1, 0.15) is 24.4 Å². The van der Waals surface area contributed by atoms with Gasteiger partial charge in [-0.3, -0.25) is 9.69 Å². The Bertz CT molecular complexity index is 933. The molecule has 2 aliphatic heterocycles. The van der Waals surface area contributed by atoms with Crippen LogP contribution in [0.25, 0.3) is 0 Å². The van der Waals surface area contributed by atoms with E-state index in [1.165, 1.54) is 0 Å². The zero-order valence-corrected chi connectivity index (χ0v) is 15.7. The molecule has 1 N–H and O–H groups in total. The molecule has 1 unspecified atom stereocenters. The van der Waals surface area contributed by atoms with Crippen molar-refractivity contribution in [2.75, 3.05) is 23.0 Å². The fourth-order valence-corrected chi connectivity index (χ4v) is 6.32. The molecule has 7 heteroatoms. The molecule has 0 aromatic heterocycles. The highest BCUT2D eigenvalue weighted by molar-refractivity contribution is 7.91. The van der Waals surface area contributed by atoms with Crippen molar-refractivity contribution in [3.05, 3.63) is 65.2 Å². The summed E-state index contributed by atoms with van der Waals surface area (Å²) in [6.07, 6.45) is 0. The van der Waals surface area contributed by atoms with E-state index in [0.717, 1.165) is 16.2 Å². The van der Waals surface area contributed by atoms with Crippen molar-refractivity contribution in [3.63, 3.8) is 0 Å². The van der Waals surface area contributed by atoms with E-state index in [2.05, 4.69) is 0 Å². The molecule has 0 radical (unpaired) electrons. The fourth-order valence-electron chi connectivity index (χ4n) is 4.07. The molecule has 3 atom stereocenters. The molecule has 4 rings (SSSR count). The molecular formula is C19H20ClN2O3S+. The molecule has 136 valence electrons. The summed E-state index contributed by atoms with van der Waals surface area (Å²) in [5.41, 5.74) is 1.70. The molecule has 2 saturated heterocycles. The number of carbonyl (C=O) groups is 1. The van der Waals surface area contributed by atoms with Crippen LogP contribution >= 0.6 is 11.6 Å². The third-order valence-electron chi connectivity index (χ3n) is 5.24. The van der Waals surface area contributed by atoms with Crippen molar-refractivity contribution < 1.29 is 18.1 Å². The van der Waals surface area contributed by atoms with E-state index >= 15 is 0 Å². The predicted molar refractivity (Wildman–Crippen MR) is 101 cm³/mol. The molecule has 0 spiro atoms. The van der Waals surface area contributed by atoms with Gasteiger partial charge in [-0.05, 0) is 18.2 Å². The Morgan fingerprint density at radius 1 is 1.04 bits per heavy atom. The molecule has 2 aromatic rings. The maximum absolute atomic E-state index is 12.9. The molecule has 1 amide bonds. The van der Waals surface area contributed by atoms with Crippen LogP contribution in [0.15, 0.2) is 54.6 Å². The highest BCUT2D eigenvalue weighted by atomic mass is 35.5. The van der Waals surface area contributed by atoms with Crippen molar-refractivity contribution in [1.29, 1.82) is 0 Å². The minimum absolute atomic E-state index is 0.0182. The lowest BCUT2D eigenvalue weighted by Gasteiger charge is -2.40. The Hall–Kier alpha value is -1.89. The van der Waals surface area contributed by atoms with Gasteiger partial charge in [-0.2, -0.15) is 0 Å². The number of quaternary nitrogens is 1. The summed E-state index contributed by atoms with van der Waals surface area (Å²) in [5, 5.41) is 0.648. The first-order valence-corrected chi connectivity index (χ1v) is 10.8. The number of piperazine rings is 1. The number of hydrogen-bond acceptors (Lipinski definition) is 3. The van der Waals surface area contributed by atoms with Crippen LogP contribution in [0.2, 0.25) is 5.02 Å². The number of amides is 1. The van der Waals surface area contributed by atoms with Gasteiger partial charge in [0.25, 0.3) is 5.91 Å². The van der Waals surface area contributed by atoms with Crippen LogP contribution in [0.5, 0.6) is 0 Å². The Kier molecular flexibility index (Phi) is 4.50. The Balaban J connectivity index is 1.68. The maximum Gasteiger partial charge on any atom is 0.282 e. The average molecular weight is 392 g/mol. The van der Waals surface area contributed by atoms with E-state index in [0.29, 0.717) is 11.6 Å². The molecule has 26 heavy (non-hydrogen) atoms. The van der Waals surface area contributed by atoms with Gasteiger partial charge in [0.2, 0.25) is 0 Å². The number of nitrogens with one attached hydrogen (secondary N) is 1. The lowest BCUT2D eigenvalue weighted by atomic mass is 10.0. The van der Waals surface area contributed by atoms with Gasteiger partial charge >= 0.3 is 0 Å². The number of rotatable bonds is 3. The molecular weight excluding hydrogens is 372 g/mol. The normalized spacial score (nSPS) is 27.3. The van der Waals surface area contributed by atoms with E-state index in [-0.39, 0.29) is 36.0 Å².